The highest BCUT2D eigenvalue weighted by molar-refractivity contribution is 7.92. The Balaban J connectivity index is 1.93. The number of nitrogens with one attached hydrogen (secondary N) is 1. The number of hydrogen-bond acceptors (Lipinski definition) is 4. The van der Waals surface area contributed by atoms with E-state index < -0.39 is 21.7 Å². The molecule has 0 radical (unpaired) electrons. The van der Waals surface area contributed by atoms with Crippen LogP contribution in [0.1, 0.15) is 25.1 Å². The Bertz CT molecular complexity index is 1430. The molecule has 1 aliphatic heterocycles. The van der Waals surface area contributed by atoms with Crippen molar-refractivity contribution in [2.45, 2.75) is 33.7 Å². The molecule has 0 spiro atoms. The van der Waals surface area contributed by atoms with Crippen LogP contribution in [0.25, 0.3) is 11.1 Å². The molecule has 3 aromatic rings. The van der Waals surface area contributed by atoms with Crippen LogP contribution in [0.3, 0.4) is 0 Å². The van der Waals surface area contributed by atoms with E-state index in [4.69, 9.17) is 4.74 Å². The summed E-state index contributed by atoms with van der Waals surface area (Å²) in [7, 11) is -3.55. The molecule has 33 heavy (non-hydrogen) atoms. The maximum absolute atomic E-state index is 14.3. The third-order valence-electron chi connectivity index (χ3n) is 5.50. The summed E-state index contributed by atoms with van der Waals surface area (Å²) >= 11 is 0. The molecular formula is C24H24F2N2O4S. The molecule has 0 saturated heterocycles. The Morgan fingerprint density at radius 2 is 1.73 bits per heavy atom. The number of aromatic nitrogens is 1. The lowest BCUT2D eigenvalue weighted by molar-refractivity contribution is 0.357. The average molecular weight is 475 g/mol. The summed E-state index contributed by atoms with van der Waals surface area (Å²) in [6.07, 6.45) is 1.66. The summed E-state index contributed by atoms with van der Waals surface area (Å²) in [4.78, 5) is 12.8. The van der Waals surface area contributed by atoms with Gasteiger partial charge >= 0.3 is 0 Å². The fourth-order valence-electron chi connectivity index (χ4n) is 4.15. The number of benzene rings is 2. The van der Waals surface area contributed by atoms with E-state index in [1.807, 2.05) is 0 Å². The van der Waals surface area contributed by atoms with Crippen molar-refractivity contribution in [1.29, 1.82) is 0 Å². The predicted molar refractivity (Wildman–Crippen MR) is 123 cm³/mol. The first-order valence-electron chi connectivity index (χ1n) is 10.3. The lowest BCUT2D eigenvalue weighted by Gasteiger charge is -2.18. The molecule has 2 heterocycles. The summed E-state index contributed by atoms with van der Waals surface area (Å²) in [6.45, 7) is 6.38. The molecule has 0 unspecified atom stereocenters. The van der Waals surface area contributed by atoms with Crippen LogP contribution in [-0.2, 0) is 23.0 Å². The van der Waals surface area contributed by atoms with Gasteiger partial charge in [0.05, 0.1) is 6.26 Å². The SMILES string of the molecule is Cc1cc(-c2cc(NS(C)(=O)=O)ccc2Oc2ccc(F)cc2F)c2n(c1=O)CC(C)(C)C2. The second-order valence-electron chi connectivity index (χ2n) is 9.18. The Morgan fingerprint density at radius 3 is 2.39 bits per heavy atom. The van der Waals surface area contributed by atoms with Crippen LogP contribution in [0.2, 0.25) is 0 Å². The highest BCUT2D eigenvalue weighted by Gasteiger charge is 2.32. The molecule has 0 aliphatic carbocycles. The Hall–Kier alpha value is -3.20. The highest BCUT2D eigenvalue weighted by atomic mass is 32.2. The van der Waals surface area contributed by atoms with Gasteiger partial charge in [-0.25, -0.2) is 17.2 Å². The van der Waals surface area contributed by atoms with Gasteiger partial charge < -0.3 is 9.30 Å². The van der Waals surface area contributed by atoms with Gasteiger partial charge in [-0.15, -0.1) is 0 Å². The minimum absolute atomic E-state index is 0.0863. The lowest BCUT2D eigenvalue weighted by atomic mass is 9.89. The molecule has 2 aromatic carbocycles. The van der Waals surface area contributed by atoms with Crippen molar-refractivity contribution in [3.05, 3.63) is 75.7 Å². The molecule has 1 N–H and O–H groups in total. The maximum Gasteiger partial charge on any atom is 0.253 e. The molecule has 0 bridgehead atoms. The number of halogens is 2. The molecule has 0 atom stereocenters. The van der Waals surface area contributed by atoms with Gasteiger partial charge in [-0.05, 0) is 55.2 Å². The standard InChI is InChI=1S/C24H24F2N2O4S/c1-14-9-17(20-12-24(2,3)13-28(20)23(14)29)18-11-16(27-33(4,30)31)6-8-21(18)32-22-7-5-15(25)10-19(22)26/h5-11,27H,12-13H2,1-4H3. The van der Waals surface area contributed by atoms with E-state index in [1.54, 1.807) is 23.6 Å². The van der Waals surface area contributed by atoms with Crippen molar-refractivity contribution in [3.8, 4) is 22.6 Å². The van der Waals surface area contributed by atoms with Crippen LogP contribution in [-0.4, -0.2) is 19.2 Å². The van der Waals surface area contributed by atoms with Crippen LogP contribution in [0.5, 0.6) is 11.5 Å². The molecule has 1 aliphatic rings. The zero-order valence-corrected chi connectivity index (χ0v) is 19.5. The van der Waals surface area contributed by atoms with E-state index in [1.165, 1.54) is 18.2 Å². The van der Waals surface area contributed by atoms with E-state index >= 15 is 0 Å². The minimum atomic E-state index is -3.55. The molecular weight excluding hydrogens is 450 g/mol. The van der Waals surface area contributed by atoms with Crippen LogP contribution >= 0.6 is 0 Å². The first-order chi connectivity index (χ1) is 15.3. The van der Waals surface area contributed by atoms with Gasteiger partial charge in [0.25, 0.3) is 5.56 Å². The molecule has 4 rings (SSSR count). The first-order valence-corrected chi connectivity index (χ1v) is 12.2. The van der Waals surface area contributed by atoms with Crippen molar-refractivity contribution < 1.29 is 21.9 Å². The number of anilines is 1. The zero-order chi connectivity index (χ0) is 24.1. The van der Waals surface area contributed by atoms with Crippen molar-refractivity contribution in [2.75, 3.05) is 11.0 Å². The fraction of sp³-hybridized carbons (Fsp3) is 0.292. The number of hydrogen-bond donors (Lipinski definition) is 1. The number of aryl methyl sites for hydroxylation is 1. The first kappa shape index (κ1) is 23.0. The molecule has 174 valence electrons. The zero-order valence-electron chi connectivity index (χ0n) is 18.7. The third kappa shape index (κ3) is 4.78. The van der Waals surface area contributed by atoms with Gasteiger partial charge in [0.1, 0.15) is 11.6 Å². The highest BCUT2D eigenvalue weighted by Crippen LogP contribution is 2.42. The quantitative estimate of drug-likeness (QED) is 0.574. The van der Waals surface area contributed by atoms with E-state index in [0.29, 0.717) is 35.3 Å². The Morgan fingerprint density at radius 1 is 1.03 bits per heavy atom. The van der Waals surface area contributed by atoms with Crippen molar-refractivity contribution >= 4 is 15.7 Å². The monoisotopic (exact) mass is 474 g/mol. The Kier molecular flexibility index (Phi) is 5.56. The normalized spacial score (nSPS) is 14.7. The van der Waals surface area contributed by atoms with Gasteiger partial charge in [0.2, 0.25) is 10.0 Å². The molecule has 0 saturated carbocycles. The minimum Gasteiger partial charge on any atom is -0.454 e. The molecule has 0 fully saturated rings. The van der Waals surface area contributed by atoms with Gasteiger partial charge in [0, 0.05) is 40.7 Å². The van der Waals surface area contributed by atoms with Crippen LogP contribution in [0.4, 0.5) is 14.5 Å². The number of pyridine rings is 1. The predicted octanol–water partition coefficient (Wildman–Crippen LogP) is 4.85. The number of rotatable bonds is 5. The number of fused-ring (bicyclic) bond motifs is 1. The van der Waals surface area contributed by atoms with Crippen LogP contribution in [0.15, 0.2) is 47.3 Å². The molecule has 9 heteroatoms. The number of sulfonamides is 1. The molecule has 0 amide bonds. The third-order valence-corrected chi connectivity index (χ3v) is 6.11. The smallest absolute Gasteiger partial charge is 0.253 e. The molecule has 6 nitrogen and oxygen atoms in total. The molecule has 1 aromatic heterocycles. The van der Waals surface area contributed by atoms with Gasteiger partial charge in [-0.1, -0.05) is 13.8 Å². The van der Waals surface area contributed by atoms with E-state index in [9.17, 15) is 22.0 Å². The number of ether oxygens (including phenoxy) is 1. The van der Waals surface area contributed by atoms with Crippen molar-refractivity contribution in [1.82, 2.24) is 4.57 Å². The van der Waals surface area contributed by atoms with E-state index in [2.05, 4.69) is 18.6 Å². The van der Waals surface area contributed by atoms with E-state index in [-0.39, 0.29) is 22.5 Å². The van der Waals surface area contributed by atoms with Gasteiger partial charge in [-0.2, -0.15) is 0 Å². The summed E-state index contributed by atoms with van der Waals surface area (Å²) in [6, 6.07) is 9.33. The topological polar surface area (TPSA) is 77.4 Å². The maximum atomic E-state index is 14.3. The number of nitrogens with zero attached hydrogens (tertiary/aromatic N) is 1. The largest absolute Gasteiger partial charge is 0.454 e. The summed E-state index contributed by atoms with van der Waals surface area (Å²) in [5.41, 5.74) is 2.53. The average Bonchev–Trinajstić information content (AvgIpc) is 3.02. The Labute approximate surface area is 190 Å². The summed E-state index contributed by atoms with van der Waals surface area (Å²) in [5.74, 6) is -1.54. The fourth-order valence-corrected chi connectivity index (χ4v) is 4.71. The van der Waals surface area contributed by atoms with Crippen LogP contribution in [0, 0.1) is 24.0 Å². The van der Waals surface area contributed by atoms with Crippen molar-refractivity contribution in [2.24, 2.45) is 5.41 Å². The lowest BCUT2D eigenvalue weighted by Crippen LogP contribution is -2.24. The van der Waals surface area contributed by atoms with Crippen LogP contribution < -0.4 is 15.0 Å². The summed E-state index contributed by atoms with van der Waals surface area (Å²) in [5, 5.41) is 0. The second kappa shape index (κ2) is 7.98. The van der Waals surface area contributed by atoms with Crippen molar-refractivity contribution in [3.63, 3.8) is 0 Å². The van der Waals surface area contributed by atoms with Gasteiger partial charge in [0.15, 0.2) is 11.6 Å². The second-order valence-corrected chi connectivity index (χ2v) is 10.9. The summed E-state index contributed by atoms with van der Waals surface area (Å²) < 4.78 is 61.2. The van der Waals surface area contributed by atoms with Gasteiger partial charge in [-0.3, -0.25) is 9.52 Å². The van der Waals surface area contributed by atoms with E-state index in [0.717, 1.165) is 24.1 Å².